The predicted molar refractivity (Wildman–Crippen MR) is 102 cm³/mol. The molecule has 1 aliphatic rings. The molecule has 7 heteroatoms. The van der Waals surface area contributed by atoms with Gasteiger partial charge in [-0.1, -0.05) is 31.0 Å². The zero-order valence-corrected chi connectivity index (χ0v) is 16.6. The summed E-state index contributed by atoms with van der Waals surface area (Å²) in [5.74, 6) is 3.35. The number of unbranched alkanes of at least 4 members (excludes halogenated alkanes) is 1. The van der Waals surface area contributed by atoms with E-state index in [2.05, 4.69) is 21.9 Å². The fourth-order valence-corrected chi connectivity index (χ4v) is 4.16. The number of imide groups is 1. The van der Waals surface area contributed by atoms with E-state index in [0.717, 1.165) is 30.2 Å². The number of thioether (sulfide) groups is 1. The summed E-state index contributed by atoms with van der Waals surface area (Å²) in [5, 5.41) is -0.568. The van der Waals surface area contributed by atoms with Gasteiger partial charge in [0, 0.05) is 6.54 Å². The van der Waals surface area contributed by atoms with Gasteiger partial charge in [-0.2, -0.15) is 0 Å². The highest BCUT2D eigenvalue weighted by molar-refractivity contribution is 9.10. The molecule has 0 radical (unpaired) electrons. The summed E-state index contributed by atoms with van der Waals surface area (Å²) in [7, 11) is 1.54. The molecule has 1 atom stereocenters. The Morgan fingerprint density at radius 3 is 2.80 bits per heavy atom. The molecule has 25 heavy (non-hydrogen) atoms. The summed E-state index contributed by atoms with van der Waals surface area (Å²) in [6.07, 6.45) is 7.44. The molecule has 2 amide bonds. The van der Waals surface area contributed by atoms with Crippen LogP contribution in [-0.4, -0.2) is 41.6 Å². The number of terminal acetylenes is 1. The molecule has 1 fully saturated rings. The molecule has 2 rings (SSSR count). The number of nitrogens with zero attached hydrogens (tertiary/aromatic N) is 1. The van der Waals surface area contributed by atoms with Crippen molar-refractivity contribution in [3.05, 3.63) is 22.2 Å². The molecule has 1 saturated heterocycles. The molecule has 0 unspecified atom stereocenters. The van der Waals surface area contributed by atoms with E-state index in [1.165, 1.54) is 4.90 Å². The van der Waals surface area contributed by atoms with Crippen molar-refractivity contribution in [2.24, 2.45) is 0 Å². The maximum atomic E-state index is 12.5. The van der Waals surface area contributed by atoms with Crippen LogP contribution in [0.4, 0.5) is 4.79 Å². The van der Waals surface area contributed by atoms with Crippen LogP contribution >= 0.6 is 27.7 Å². The van der Waals surface area contributed by atoms with E-state index in [0.29, 0.717) is 28.9 Å². The molecule has 0 bridgehead atoms. The van der Waals surface area contributed by atoms with Gasteiger partial charge in [-0.3, -0.25) is 14.5 Å². The molecule has 5 nitrogen and oxygen atoms in total. The number of carbonyl (C=O) groups is 2. The second kappa shape index (κ2) is 9.16. The van der Waals surface area contributed by atoms with Crippen LogP contribution < -0.4 is 9.47 Å². The van der Waals surface area contributed by atoms with Crippen molar-refractivity contribution in [2.45, 2.75) is 31.4 Å². The molecule has 0 saturated carbocycles. The number of carbonyl (C=O) groups excluding carboxylic acids is 2. The third-order valence-electron chi connectivity index (χ3n) is 3.75. The second-order valence-electron chi connectivity index (χ2n) is 5.52. The topological polar surface area (TPSA) is 55.8 Å². The Hall–Kier alpha value is -1.65. The van der Waals surface area contributed by atoms with E-state index in [1.807, 2.05) is 19.1 Å². The Labute approximate surface area is 160 Å². The number of amides is 2. The van der Waals surface area contributed by atoms with Crippen molar-refractivity contribution in [2.75, 3.05) is 20.3 Å². The van der Waals surface area contributed by atoms with Gasteiger partial charge in [0.1, 0.15) is 6.61 Å². The first kappa shape index (κ1) is 19.7. The van der Waals surface area contributed by atoms with Crippen LogP contribution in [0.25, 0.3) is 0 Å². The van der Waals surface area contributed by atoms with Crippen molar-refractivity contribution >= 4 is 38.8 Å². The van der Waals surface area contributed by atoms with Crippen LogP contribution in [0.5, 0.6) is 11.5 Å². The molecule has 1 aliphatic heterocycles. The minimum Gasteiger partial charge on any atom is -0.493 e. The number of ether oxygens (including phenoxy) is 2. The standard InChI is InChI=1S/C18H20BrNO4S/c1-4-6-7-20-17(21)15(25-18(20)22)11-12-9-13(19)16(24-8-5-2)14(10-12)23-3/h2,9-10,15H,4,6-8,11H2,1,3H3/t15-/m1/s1. The Balaban J connectivity index is 2.15. The number of methoxy groups -OCH3 is 1. The monoisotopic (exact) mass is 425 g/mol. The molecule has 0 aliphatic carbocycles. The Bertz CT molecular complexity index is 701. The lowest BCUT2D eigenvalue weighted by molar-refractivity contribution is -0.126. The zero-order chi connectivity index (χ0) is 18.4. The third kappa shape index (κ3) is 4.71. The third-order valence-corrected chi connectivity index (χ3v) is 5.41. The minimum atomic E-state index is -0.404. The number of rotatable bonds is 8. The van der Waals surface area contributed by atoms with Crippen molar-refractivity contribution in [1.82, 2.24) is 4.90 Å². The zero-order valence-electron chi connectivity index (χ0n) is 14.2. The van der Waals surface area contributed by atoms with Crippen molar-refractivity contribution in [1.29, 1.82) is 0 Å². The average molecular weight is 426 g/mol. The van der Waals surface area contributed by atoms with Crippen LogP contribution in [0.15, 0.2) is 16.6 Å². The average Bonchev–Trinajstić information content (AvgIpc) is 2.85. The Morgan fingerprint density at radius 1 is 1.40 bits per heavy atom. The van der Waals surface area contributed by atoms with Crippen LogP contribution in [0.3, 0.4) is 0 Å². The highest BCUT2D eigenvalue weighted by Crippen LogP contribution is 2.38. The SMILES string of the molecule is C#CCOc1c(Br)cc(C[C@H]2SC(=O)N(CCCC)C2=O)cc1OC. The number of benzene rings is 1. The number of hydrogen-bond acceptors (Lipinski definition) is 5. The molecule has 0 N–H and O–H groups in total. The molecule has 1 aromatic carbocycles. The normalized spacial score (nSPS) is 16.9. The minimum absolute atomic E-state index is 0.119. The first-order chi connectivity index (χ1) is 12.0. The predicted octanol–water partition coefficient (Wildman–Crippen LogP) is 3.88. The lowest BCUT2D eigenvalue weighted by Gasteiger charge is -2.15. The molecular weight excluding hydrogens is 406 g/mol. The van der Waals surface area contributed by atoms with E-state index < -0.39 is 5.25 Å². The Morgan fingerprint density at radius 2 is 2.16 bits per heavy atom. The highest BCUT2D eigenvalue weighted by Gasteiger charge is 2.39. The first-order valence-corrected chi connectivity index (χ1v) is 9.63. The van der Waals surface area contributed by atoms with E-state index in [4.69, 9.17) is 15.9 Å². The maximum Gasteiger partial charge on any atom is 0.289 e. The fourth-order valence-electron chi connectivity index (χ4n) is 2.51. The van der Waals surface area contributed by atoms with Gasteiger partial charge in [-0.15, -0.1) is 6.42 Å². The quantitative estimate of drug-likeness (QED) is 0.591. The van der Waals surface area contributed by atoms with Gasteiger partial charge in [0.15, 0.2) is 11.5 Å². The molecule has 0 spiro atoms. The fraction of sp³-hybridized carbons (Fsp3) is 0.444. The van der Waals surface area contributed by atoms with Crippen molar-refractivity contribution in [3.63, 3.8) is 0 Å². The lowest BCUT2D eigenvalue weighted by atomic mass is 10.1. The van der Waals surface area contributed by atoms with Gasteiger partial charge in [0.25, 0.3) is 5.24 Å². The Kier molecular flexibility index (Phi) is 7.21. The van der Waals surface area contributed by atoms with E-state index in [-0.39, 0.29) is 17.8 Å². The summed E-state index contributed by atoms with van der Waals surface area (Å²) < 4.78 is 11.5. The second-order valence-corrected chi connectivity index (χ2v) is 7.53. The molecule has 1 aromatic rings. The molecular formula is C18H20BrNO4S. The summed E-state index contributed by atoms with van der Waals surface area (Å²) in [4.78, 5) is 25.9. The van der Waals surface area contributed by atoms with E-state index in [1.54, 1.807) is 7.11 Å². The summed E-state index contributed by atoms with van der Waals surface area (Å²) in [6, 6.07) is 3.67. The van der Waals surface area contributed by atoms with Crippen LogP contribution in [0, 0.1) is 12.3 Å². The number of hydrogen-bond donors (Lipinski definition) is 0. The molecule has 0 aromatic heterocycles. The smallest absolute Gasteiger partial charge is 0.289 e. The molecule has 1 heterocycles. The number of halogens is 1. The lowest BCUT2D eigenvalue weighted by Crippen LogP contribution is -2.33. The van der Waals surface area contributed by atoms with E-state index >= 15 is 0 Å². The first-order valence-electron chi connectivity index (χ1n) is 7.96. The highest BCUT2D eigenvalue weighted by atomic mass is 79.9. The van der Waals surface area contributed by atoms with Gasteiger partial charge in [-0.25, -0.2) is 0 Å². The largest absolute Gasteiger partial charge is 0.493 e. The summed E-state index contributed by atoms with van der Waals surface area (Å²) >= 11 is 4.54. The van der Waals surface area contributed by atoms with Gasteiger partial charge in [-0.05, 0) is 46.5 Å². The van der Waals surface area contributed by atoms with Gasteiger partial charge in [0.05, 0.1) is 16.8 Å². The van der Waals surface area contributed by atoms with Crippen molar-refractivity contribution in [3.8, 4) is 23.8 Å². The van der Waals surface area contributed by atoms with E-state index in [9.17, 15) is 9.59 Å². The van der Waals surface area contributed by atoms with Crippen molar-refractivity contribution < 1.29 is 19.1 Å². The van der Waals surface area contributed by atoms with Gasteiger partial charge in [0.2, 0.25) is 5.91 Å². The van der Waals surface area contributed by atoms with Crippen LogP contribution in [-0.2, 0) is 11.2 Å². The van der Waals surface area contributed by atoms with Crippen LogP contribution in [0.1, 0.15) is 25.3 Å². The maximum absolute atomic E-state index is 12.5. The van der Waals surface area contributed by atoms with Gasteiger partial charge >= 0.3 is 0 Å². The summed E-state index contributed by atoms with van der Waals surface area (Å²) in [5.41, 5.74) is 0.882. The van der Waals surface area contributed by atoms with Gasteiger partial charge < -0.3 is 9.47 Å². The van der Waals surface area contributed by atoms with Crippen LogP contribution in [0.2, 0.25) is 0 Å². The summed E-state index contributed by atoms with van der Waals surface area (Å²) in [6.45, 7) is 2.65. The molecule has 134 valence electrons.